The van der Waals surface area contributed by atoms with Gasteiger partial charge < -0.3 is 20.4 Å². The molecule has 0 spiro atoms. The highest BCUT2D eigenvalue weighted by atomic mass is 32.2. The number of thioether (sulfide) groups is 1. The van der Waals surface area contributed by atoms with E-state index < -0.39 is 24.0 Å². The number of hydrogen-bond donors (Lipinski definition) is 3. The Labute approximate surface area is 192 Å². The van der Waals surface area contributed by atoms with E-state index in [-0.39, 0.29) is 18.6 Å². The summed E-state index contributed by atoms with van der Waals surface area (Å²) in [5.74, 6) is -0.702. The average molecular weight is 456 g/mol. The Kier molecular flexibility index (Phi) is 8.44. The van der Waals surface area contributed by atoms with Crippen molar-refractivity contribution in [1.29, 1.82) is 0 Å². The Morgan fingerprint density at radius 2 is 1.72 bits per heavy atom. The number of benzene rings is 2. The normalized spacial score (nSPS) is 18.4. The van der Waals surface area contributed by atoms with Gasteiger partial charge in [0.2, 0.25) is 0 Å². The highest BCUT2D eigenvalue weighted by Crippen LogP contribution is 2.21. The van der Waals surface area contributed by atoms with Crippen molar-refractivity contribution in [2.75, 3.05) is 19.3 Å². The zero-order chi connectivity index (χ0) is 23.1. The predicted octanol–water partition coefficient (Wildman–Crippen LogP) is 1.80. The molecule has 0 aliphatic carbocycles. The first kappa shape index (κ1) is 24.0. The summed E-state index contributed by atoms with van der Waals surface area (Å²) in [5.41, 5.74) is 2.09. The zero-order valence-corrected chi connectivity index (χ0v) is 19.0. The summed E-state index contributed by atoms with van der Waals surface area (Å²) in [4.78, 5) is 30.9. The van der Waals surface area contributed by atoms with Crippen molar-refractivity contribution in [2.24, 2.45) is 4.99 Å². The lowest BCUT2D eigenvalue weighted by molar-refractivity contribution is -0.153. The number of nitrogens with zero attached hydrogens (tertiary/aromatic N) is 2. The molecule has 8 heteroatoms. The van der Waals surface area contributed by atoms with E-state index in [2.05, 4.69) is 22.4 Å². The molecule has 170 valence electrons. The van der Waals surface area contributed by atoms with Crippen LogP contribution < -0.4 is 5.32 Å². The van der Waals surface area contributed by atoms with E-state index in [1.165, 1.54) is 17.5 Å². The van der Waals surface area contributed by atoms with Crippen LogP contribution in [0.15, 0.2) is 65.7 Å². The third-order valence-electron chi connectivity index (χ3n) is 5.53. The lowest BCUT2D eigenvalue weighted by Crippen LogP contribution is -2.50. The molecular formula is C24H29N3O4S. The van der Waals surface area contributed by atoms with Gasteiger partial charge in [-0.3, -0.25) is 14.6 Å². The molecule has 3 rings (SSSR count). The molecule has 2 amide bonds. The molecule has 1 aliphatic heterocycles. The van der Waals surface area contributed by atoms with E-state index in [1.807, 2.05) is 55.5 Å². The Balaban J connectivity index is 1.49. The fourth-order valence-corrected chi connectivity index (χ4v) is 4.43. The van der Waals surface area contributed by atoms with Crippen LogP contribution in [0, 0.1) is 0 Å². The zero-order valence-electron chi connectivity index (χ0n) is 18.2. The van der Waals surface area contributed by atoms with E-state index in [0.29, 0.717) is 0 Å². The Hall–Kier alpha value is -2.68. The van der Waals surface area contributed by atoms with Gasteiger partial charge >= 0.3 is 0 Å². The number of rotatable bonds is 9. The van der Waals surface area contributed by atoms with Crippen molar-refractivity contribution in [1.82, 2.24) is 10.2 Å². The number of hydrogen-bond acceptors (Lipinski definition) is 6. The topological polar surface area (TPSA) is 102 Å². The molecular weight excluding hydrogens is 426 g/mol. The van der Waals surface area contributed by atoms with Gasteiger partial charge in [0.05, 0.1) is 23.7 Å². The molecule has 0 saturated heterocycles. The highest BCUT2D eigenvalue weighted by Gasteiger charge is 2.34. The second-order valence-electron chi connectivity index (χ2n) is 7.82. The summed E-state index contributed by atoms with van der Waals surface area (Å²) in [5, 5.41) is 23.8. The first-order valence-electron chi connectivity index (χ1n) is 10.6. The van der Waals surface area contributed by atoms with E-state index in [1.54, 1.807) is 11.8 Å². The van der Waals surface area contributed by atoms with Crippen molar-refractivity contribution in [3.63, 3.8) is 0 Å². The van der Waals surface area contributed by atoms with Crippen LogP contribution in [-0.4, -0.2) is 69.6 Å². The average Bonchev–Trinajstić information content (AvgIpc) is 3.28. The highest BCUT2D eigenvalue weighted by molar-refractivity contribution is 8.14. The molecule has 0 aromatic heterocycles. The minimum atomic E-state index is -1.86. The van der Waals surface area contributed by atoms with Crippen LogP contribution in [0.4, 0.5) is 0 Å². The Bertz CT molecular complexity index is 939. The summed E-state index contributed by atoms with van der Waals surface area (Å²) in [6, 6.07) is 19.2. The smallest absolute Gasteiger partial charge is 0.254 e. The maximum atomic E-state index is 12.6. The molecule has 0 saturated carbocycles. The predicted molar refractivity (Wildman–Crippen MR) is 126 cm³/mol. The van der Waals surface area contributed by atoms with E-state index >= 15 is 0 Å². The van der Waals surface area contributed by atoms with Gasteiger partial charge in [-0.05, 0) is 24.5 Å². The largest absolute Gasteiger partial charge is 0.380 e. The van der Waals surface area contributed by atoms with Gasteiger partial charge in [0, 0.05) is 12.8 Å². The van der Waals surface area contributed by atoms with Crippen LogP contribution in [-0.2, 0) is 16.0 Å². The molecule has 3 N–H and O–H groups in total. The molecule has 4 atom stereocenters. The first-order valence-corrected chi connectivity index (χ1v) is 11.5. The number of nitrogens with one attached hydrogen (secondary N) is 1. The van der Waals surface area contributed by atoms with Gasteiger partial charge in [0.15, 0.2) is 12.2 Å². The fraction of sp³-hybridized carbons (Fsp3) is 0.375. The molecule has 2 aromatic carbocycles. The van der Waals surface area contributed by atoms with Crippen molar-refractivity contribution >= 4 is 28.6 Å². The molecule has 1 aliphatic rings. The molecule has 2 aromatic rings. The third kappa shape index (κ3) is 6.18. The Morgan fingerprint density at radius 1 is 1.09 bits per heavy atom. The summed E-state index contributed by atoms with van der Waals surface area (Å²) >= 11 is 1.56. The van der Waals surface area contributed by atoms with Crippen LogP contribution in [0.2, 0.25) is 0 Å². The van der Waals surface area contributed by atoms with Gasteiger partial charge in [-0.15, -0.1) is 11.8 Å². The van der Waals surface area contributed by atoms with Gasteiger partial charge in [-0.2, -0.15) is 0 Å². The van der Waals surface area contributed by atoms with Gasteiger partial charge in [-0.25, -0.2) is 0 Å². The van der Waals surface area contributed by atoms with Crippen LogP contribution in [0.3, 0.4) is 0 Å². The molecule has 0 radical (unpaired) electrons. The standard InChI is InChI=1S/C24H29N3O4S/c1-16(18-11-7-4-8-12-18)27(2)24(31)22(29)21(28)23(30)25-14-20-26-19(15-32-20)13-17-9-5-3-6-10-17/h3-12,16,19,21-22,28-29H,13-15H2,1-2H3,(H,25,30)/t16-,19?,21-,22-/m1/s1. The second kappa shape index (κ2) is 11.3. The summed E-state index contributed by atoms with van der Waals surface area (Å²) in [6.45, 7) is 1.97. The number of amides is 2. The quantitative estimate of drug-likeness (QED) is 0.535. The molecule has 1 heterocycles. The lowest BCUT2D eigenvalue weighted by Gasteiger charge is -2.28. The summed E-state index contributed by atoms with van der Waals surface area (Å²) < 4.78 is 0. The van der Waals surface area contributed by atoms with Crippen molar-refractivity contribution in [3.8, 4) is 0 Å². The number of aliphatic hydroxyl groups is 2. The number of aliphatic imine (C=N–C) groups is 1. The summed E-state index contributed by atoms with van der Waals surface area (Å²) in [7, 11) is 1.53. The van der Waals surface area contributed by atoms with Crippen LogP contribution in [0.1, 0.15) is 24.1 Å². The van der Waals surface area contributed by atoms with Crippen molar-refractivity contribution in [3.05, 3.63) is 71.8 Å². The minimum Gasteiger partial charge on any atom is -0.380 e. The van der Waals surface area contributed by atoms with Crippen molar-refractivity contribution < 1.29 is 19.8 Å². The first-order chi connectivity index (χ1) is 15.4. The number of likely N-dealkylation sites (N-methyl/N-ethyl adjacent to an activating group) is 1. The number of carbonyl (C=O) groups excluding carboxylic acids is 2. The lowest BCUT2D eigenvalue weighted by atomic mass is 10.1. The second-order valence-corrected chi connectivity index (χ2v) is 8.91. The number of aliphatic hydroxyl groups excluding tert-OH is 2. The van der Waals surface area contributed by atoms with E-state index in [9.17, 15) is 19.8 Å². The van der Waals surface area contributed by atoms with Gasteiger partial charge in [-0.1, -0.05) is 60.7 Å². The number of carbonyl (C=O) groups is 2. The fourth-order valence-electron chi connectivity index (χ4n) is 3.46. The van der Waals surface area contributed by atoms with E-state index in [4.69, 9.17) is 0 Å². The molecule has 7 nitrogen and oxygen atoms in total. The molecule has 0 bridgehead atoms. The monoisotopic (exact) mass is 455 g/mol. The third-order valence-corrected chi connectivity index (χ3v) is 6.66. The van der Waals surface area contributed by atoms with Crippen molar-refractivity contribution in [2.45, 2.75) is 37.6 Å². The van der Waals surface area contributed by atoms with Gasteiger partial charge in [0.25, 0.3) is 11.8 Å². The SMILES string of the molecule is C[C@H](c1ccccc1)N(C)C(=O)[C@H](O)[C@@H](O)C(=O)NCC1=NC(Cc2ccccc2)CS1. The van der Waals surface area contributed by atoms with Crippen LogP contribution in [0.25, 0.3) is 0 Å². The van der Waals surface area contributed by atoms with Gasteiger partial charge in [0.1, 0.15) is 0 Å². The van der Waals surface area contributed by atoms with Crippen LogP contribution in [0.5, 0.6) is 0 Å². The molecule has 1 unspecified atom stereocenters. The van der Waals surface area contributed by atoms with E-state index in [0.717, 1.165) is 22.8 Å². The molecule has 32 heavy (non-hydrogen) atoms. The maximum absolute atomic E-state index is 12.6. The minimum absolute atomic E-state index is 0.138. The Morgan fingerprint density at radius 3 is 2.38 bits per heavy atom. The van der Waals surface area contributed by atoms with Crippen LogP contribution >= 0.6 is 11.8 Å². The maximum Gasteiger partial charge on any atom is 0.254 e. The summed E-state index contributed by atoms with van der Waals surface area (Å²) in [6.07, 6.45) is -2.89. The molecule has 0 fully saturated rings.